The number of benzene rings is 2. The lowest BCUT2D eigenvalue weighted by atomic mass is 9.96. The number of nitrogens with two attached hydrogens (primary N) is 7. The number of aromatic nitrogens is 1. The summed E-state index contributed by atoms with van der Waals surface area (Å²) in [5.74, 6) is -7.73. The van der Waals surface area contributed by atoms with Gasteiger partial charge in [0.1, 0.15) is 48.3 Å². The zero-order valence-corrected chi connectivity index (χ0v) is 45.8. The topological polar surface area (TPSA) is 484 Å². The van der Waals surface area contributed by atoms with E-state index in [1.54, 1.807) is 50.4 Å². The molecular weight excluding hydrogens is 1030 g/mol. The molecule has 80 heavy (non-hydrogen) atoms. The van der Waals surface area contributed by atoms with Gasteiger partial charge in [-0.15, -0.1) is 0 Å². The summed E-state index contributed by atoms with van der Waals surface area (Å²) < 4.78 is 0. The second-order valence-corrected chi connectivity index (χ2v) is 19.6. The Hall–Kier alpha value is -7.88. The van der Waals surface area contributed by atoms with Crippen LogP contribution in [-0.4, -0.2) is 156 Å². The molecule has 0 spiro atoms. The fourth-order valence-corrected chi connectivity index (χ4v) is 8.51. The highest BCUT2D eigenvalue weighted by Gasteiger charge is 2.36. The van der Waals surface area contributed by atoms with Crippen LogP contribution in [0, 0.1) is 5.92 Å². The van der Waals surface area contributed by atoms with E-state index in [2.05, 4.69) is 52.2 Å². The van der Waals surface area contributed by atoms with Crippen molar-refractivity contribution in [2.75, 3.05) is 32.8 Å². The minimum absolute atomic E-state index is 0.0246. The third-order valence-corrected chi connectivity index (χ3v) is 13.3. The molecule has 442 valence electrons. The van der Waals surface area contributed by atoms with Crippen LogP contribution in [0.3, 0.4) is 0 Å². The predicted molar refractivity (Wildman–Crippen MR) is 303 cm³/mol. The van der Waals surface area contributed by atoms with Gasteiger partial charge in [-0.2, -0.15) is 0 Å². The number of guanidine groups is 2. The summed E-state index contributed by atoms with van der Waals surface area (Å²) in [4.78, 5) is 123. The number of nitrogens with one attached hydrogen (secondary N) is 8. The molecule has 2 aromatic carbocycles. The SMILES string of the molecule is CC[C@H](C)[C@H](NC(=O)[C@H](Cc1c[nH]c2ccccc12)NC(=O)[C@H](CCCCN)NC(=O)[C@H](Cc1ccccc1)NC(=O)[C@H](CCCN=C(N)N)NC(=O)[C@H](CCCCN)NC(=O)[C@@H](N)CO)C(=O)N[C@@H](CCCN=C(N)N)C(=O)O. The molecule has 27 nitrogen and oxygen atoms in total. The zero-order valence-electron chi connectivity index (χ0n) is 45.8. The van der Waals surface area contributed by atoms with Crippen molar-refractivity contribution >= 4 is 70.1 Å². The maximum absolute atomic E-state index is 14.8. The lowest BCUT2D eigenvalue weighted by Gasteiger charge is -2.29. The van der Waals surface area contributed by atoms with Crippen molar-refractivity contribution in [2.45, 2.75) is 146 Å². The number of hydrogen-bond acceptors (Lipinski definition) is 14. The number of aliphatic hydroxyl groups excluding tert-OH is 1. The standard InChI is InChI=1S/C53H85N17O10/c1-3-31(2)43(50(78)67-40(51(79)80)22-14-26-62-53(59)60)70-49(77)42(28-33-29-63-36-18-8-7-17-34(33)36)69-46(74)38(20-10-12-24-55)66-48(76)41(27-32-15-5-4-6-16-32)68-47(75)39(21-13-25-61-52(57)58)65-45(73)37(19-9-11-23-54)64-44(72)35(56)30-71/h4-8,15-18,29,31,35,37-43,63,71H,3,9-14,19-28,30,54-56H2,1-2H3,(H,64,72)(H,65,73)(H,66,76)(H,67,78)(H,68,75)(H,69,74)(H,70,77)(H,79,80)(H4,57,58,61)(H4,59,60,62)/t31-,35-,37-,38-,39-,40-,41-,42-,43-/m0/s1. The highest BCUT2D eigenvalue weighted by Crippen LogP contribution is 2.20. The van der Waals surface area contributed by atoms with Crippen LogP contribution in [0.4, 0.5) is 0 Å². The molecule has 0 aliphatic carbocycles. The summed E-state index contributed by atoms with van der Waals surface area (Å²) in [7, 11) is 0. The number of unbranched alkanes of at least 4 members (excludes halogenated alkanes) is 2. The molecule has 0 saturated carbocycles. The molecule has 24 N–H and O–H groups in total. The lowest BCUT2D eigenvalue weighted by Crippen LogP contribution is -2.61. The third-order valence-electron chi connectivity index (χ3n) is 13.3. The summed E-state index contributed by atoms with van der Waals surface area (Å²) in [5, 5.41) is 39.2. The van der Waals surface area contributed by atoms with Crippen LogP contribution >= 0.6 is 0 Å². The zero-order chi connectivity index (χ0) is 59.1. The molecule has 0 unspecified atom stereocenters. The van der Waals surface area contributed by atoms with Gasteiger partial charge in [0.25, 0.3) is 0 Å². The molecule has 1 aromatic heterocycles. The second kappa shape index (κ2) is 35.6. The Balaban J connectivity index is 2.04. The monoisotopic (exact) mass is 1120 g/mol. The van der Waals surface area contributed by atoms with Gasteiger partial charge < -0.3 is 92.6 Å². The number of hydrogen-bond donors (Lipinski definition) is 17. The number of carbonyl (C=O) groups excluding carboxylic acids is 7. The highest BCUT2D eigenvalue weighted by molar-refractivity contribution is 5.98. The van der Waals surface area contributed by atoms with E-state index in [0.717, 1.165) is 10.9 Å². The molecule has 3 rings (SSSR count). The molecule has 7 amide bonds. The summed E-state index contributed by atoms with van der Waals surface area (Å²) in [6, 6.07) is 5.44. The highest BCUT2D eigenvalue weighted by atomic mass is 16.4. The largest absolute Gasteiger partial charge is 0.480 e. The van der Waals surface area contributed by atoms with E-state index in [1.165, 1.54) is 0 Å². The first kappa shape index (κ1) is 66.4. The van der Waals surface area contributed by atoms with E-state index in [0.29, 0.717) is 49.8 Å². The fourth-order valence-electron chi connectivity index (χ4n) is 8.51. The molecule has 0 saturated heterocycles. The Morgan fingerprint density at radius 1 is 0.550 bits per heavy atom. The molecule has 27 heteroatoms. The first-order chi connectivity index (χ1) is 38.2. The lowest BCUT2D eigenvalue weighted by molar-refractivity contribution is -0.143. The van der Waals surface area contributed by atoms with E-state index in [-0.39, 0.29) is 82.9 Å². The Labute approximate surface area is 466 Å². The minimum Gasteiger partial charge on any atom is -0.480 e. The van der Waals surface area contributed by atoms with Crippen molar-refractivity contribution in [3.05, 3.63) is 71.9 Å². The quantitative estimate of drug-likeness (QED) is 0.0156. The van der Waals surface area contributed by atoms with Gasteiger partial charge in [-0.1, -0.05) is 68.8 Å². The van der Waals surface area contributed by atoms with Crippen molar-refractivity contribution in [3.63, 3.8) is 0 Å². The maximum atomic E-state index is 14.8. The van der Waals surface area contributed by atoms with E-state index in [1.807, 2.05) is 24.3 Å². The summed E-state index contributed by atoms with van der Waals surface area (Å²) in [6.07, 6.45) is 4.05. The van der Waals surface area contributed by atoms with Crippen LogP contribution in [0.5, 0.6) is 0 Å². The summed E-state index contributed by atoms with van der Waals surface area (Å²) >= 11 is 0. The molecule has 9 atom stereocenters. The van der Waals surface area contributed by atoms with Crippen molar-refractivity contribution in [2.24, 2.45) is 56.0 Å². The van der Waals surface area contributed by atoms with Crippen molar-refractivity contribution in [1.82, 2.24) is 42.2 Å². The van der Waals surface area contributed by atoms with Gasteiger partial charge in [0, 0.05) is 43.0 Å². The van der Waals surface area contributed by atoms with Gasteiger partial charge >= 0.3 is 5.97 Å². The number of carbonyl (C=O) groups is 8. The maximum Gasteiger partial charge on any atom is 0.326 e. The van der Waals surface area contributed by atoms with Crippen LogP contribution in [0.15, 0.2) is 70.8 Å². The molecule has 0 aliphatic rings. The molecule has 0 bridgehead atoms. The van der Waals surface area contributed by atoms with Crippen LogP contribution < -0.4 is 77.4 Å². The number of aromatic amines is 1. The van der Waals surface area contributed by atoms with E-state index in [4.69, 9.17) is 40.1 Å². The van der Waals surface area contributed by atoms with E-state index >= 15 is 0 Å². The van der Waals surface area contributed by atoms with Crippen LogP contribution in [0.1, 0.15) is 95.6 Å². The Bertz CT molecular complexity index is 2520. The van der Waals surface area contributed by atoms with Crippen LogP contribution in [-0.2, 0) is 51.2 Å². The van der Waals surface area contributed by atoms with Crippen LogP contribution in [0.25, 0.3) is 10.9 Å². The Morgan fingerprint density at radius 3 is 1.49 bits per heavy atom. The molecule has 0 aliphatic heterocycles. The number of carboxylic acid groups (broad SMARTS) is 1. The smallest absolute Gasteiger partial charge is 0.326 e. The van der Waals surface area contributed by atoms with Gasteiger partial charge in [0.15, 0.2) is 11.9 Å². The first-order valence-electron chi connectivity index (χ1n) is 27.0. The van der Waals surface area contributed by atoms with Gasteiger partial charge in [-0.3, -0.25) is 43.5 Å². The van der Waals surface area contributed by atoms with E-state index in [9.17, 15) is 48.6 Å². The number of amides is 7. The van der Waals surface area contributed by atoms with Gasteiger partial charge in [0.2, 0.25) is 41.4 Å². The third kappa shape index (κ3) is 23.2. The number of aliphatic carboxylic acids is 1. The Kier molecular flexibility index (Phi) is 29.5. The number of para-hydroxylation sites is 1. The average molecular weight is 1120 g/mol. The first-order valence-corrected chi connectivity index (χ1v) is 27.0. The predicted octanol–water partition coefficient (Wildman–Crippen LogP) is -2.84. The summed E-state index contributed by atoms with van der Waals surface area (Å²) in [5.41, 5.74) is 41.2. The van der Waals surface area contributed by atoms with Crippen molar-refractivity contribution in [3.8, 4) is 0 Å². The van der Waals surface area contributed by atoms with Gasteiger partial charge in [-0.05, 0) is 100 Å². The molecule has 0 radical (unpaired) electrons. The number of nitrogens with zero attached hydrogens (tertiary/aromatic N) is 2. The van der Waals surface area contributed by atoms with Crippen molar-refractivity contribution < 1.29 is 48.6 Å². The number of aliphatic imine (C=N–C) groups is 2. The molecule has 3 aromatic rings. The number of H-pyrrole nitrogens is 1. The number of carboxylic acids is 1. The number of rotatable bonds is 38. The minimum atomic E-state index is -1.38. The van der Waals surface area contributed by atoms with Gasteiger partial charge in [0.05, 0.1) is 6.61 Å². The fraction of sp³-hybridized carbons (Fsp3) is 0.547. The normalized spacial score (nSPS) is 14.5. The number of aliphatic hydroxyl groups is 1. The van der Waals surface area contributed by atoms with E-state index < -0.39 is 108 Å². The summed E-state index contributed by atoms with van der Waals surface area (Å²) in [6.45, 7) is 3.55. The second-order valence-electron chi connectivity index (χ2n) is 19.6. The van der Waals surface area contributed by atoms with Crippen LogP contribution in [0.2, 0.25) is 0 Å². The average Bonchev–Trinajstić information content (AvgIpc) is 3.86. The number of fused-ring (bicyclic) bond motifs is 1. The van der Waals surface area contributed by atoms with Gasteiger partial charge in [-0.25, -0.2) is 4.79 Å². The van der Waals surface area contributed by atoms with Crippen molar-refractivity contribution in [1.29, 1.82) is 0 Å². The molecular formula is C53H85N17O10. The molecule has 0 fully saturated rings. The Morgan fingerprint density at radius 2 is 0.988 bits per heavy atom. The molecule has 1 heterocycles.